The first kappa shape index (κ1) is 22.9. The van der Waals surface area contributed by atoms with E-state index in [1.807, 2.05) is 32.0 Å². The fourth-order valence-electron chi connectivity index (χ4n) is 3.55. The predicted octanol–water partition coefficient (Wildman–Crippen LogP) is 1.21. The molecule has 1 saturated heterocycles. The standard InChI is InChI=1S/C22H34N4O3/c1-15(2)19(25-20(27)16(3)23)22(29)26-14-8-12-18(26)21(28)24-13-7-11-17-9-5-4-6-10-17/h4-6,9-10,15-16,18-19H,7-8,11-14,23H2,1-3H3,(H,24,28)(H,25,27)/t16-,18-,19-/m0/s1. The van der Waals surface area contributed by atoms with Gasteiger partial charge in [0.2, 0.25) is 17.7 Å². The van der Waals surface area contributed by atoms with Crippen molar-refractivity contribution in [2.45, 2.75) is 64.6 Å². The summed E-state index contributed by atoms with van der Waals surface area (Å²) >= 11 is 0. The molecule has 1 aliphatic rings. The van der Waals surface area contributed by atoms with E-state index in [0.717, 1.165) is 19.3 Å². The molecule has 29 heavy (non-hydrogen) atoms. The van der Waals surface area contributed by atoms with Crippen LogP contribution in [0.2, 0.25) is 0 Å². The Labute approximate surface area is 173 Å². The highest BCUT2D eigenvalue weighted by atomic mass is 16.2. The van der Waals surface area contributed by atoms with Gasteiger partial charge in [0.15, 0.2) is 0 Å². The maximum atomic E-state index is 13.1. The number of carbonyl (C=O) groups is 3. The van der Waals surface area contributed by atoms with Crippen LogP contribution in [0.3, 0.4) is 0 Å². The summed E-state index contributed by atoms with van der Waals surface area (Å²) in [5.74, 6) is -0.792. The Kier molecular flexibility index (Phi) is 8.64. The van der Waals surface area contributed by atoms with Crippen LogP contribution in [0.4, 0.5) is 0 Å². The number of aryl methyl sites for hydroxylation is 1. The largest absolute Gasteiger partial charge is 0.354 e. The lowest BCUT2D eigenvalue weighted by atomic mass is 10.0. The van der Waals surface area contributed by atoms with Gasteiger partial charge >= 0.3 is 0 Å². The van der Waals surface area contributed by atoms with Gasteiger partial charge in [-0.15, -0.1) is 0 Å². The van der Waals surface area contributed by atoms with Crippen molar-refractivity contribution >= 4 is 17.7 Å². The second-order valence-electron chi connectivity index (χ2n) is 8.09. The molecule has 0 saturated carbocycles. The number of benzene rings is 1. The highest BCUT2D eigenvalue weighted by molar-refractivity contribution is 5.93. The molecular formula is C22H34N4O3. The maximum Gasteiger partial charge on any atom is 0.246 e. The van der Waals surface area contributed by atoms with Crippen LogP contribution in [0, 0.1) is 5.92 Å². The summed E-state index contributed by atoms with van der Waals surface area (Å²) in [4.78, 5) is 39.4. The van der Waals surface area contributed by atoms with Crippen molar-refractivity contribution in [2.24, 2.45) is 11.7 Å². The van der Waals surface area contributed by atoms with Crippen LogP contribution in [-0.4, -0.2) is 53.8 Å². The minimum absolute atomic E-state index is 0.0969. The summed E-state index contributed by atoms with van der Waals surface area (Å²) < 4.78 is 0. The summed E-state index contributed by atoms with van der Waals surface area (Å²) in [7, 11) is 0. The quantitative estimate of drug-likeness (QED) is 0.540. The molecule has 1 fully saturated rings. The highest BCUT2D eigenvalue weighted by Gasteiger charge is 2.38. The van der Waals surface area contributed by atoms with Crippen LogP contribution >= 0.6 is 0 Å². The summed E-state index contributed by atoms with van der Waals surface area (Å²) in [5.41, 5.74) is 6.86. The smallest absolute Gasteiger partial charge is 0.246 e. The first-order chi connectivity index (χ1) is 13.8. The lowest BCUT2D eigenvalue weighted by molar-refractivity contribution is -0.142. The van der Waals surface area contributed by atoms with Gasteiger partial charge in [0, 0.05) is 13.1 Å². The molecule has 7 heteroatoms. The number of hydrogen-bond donors (Lipinski definition) is 3. The van der Waals surface area contributed by atoms with E-state index in [4.69, 9.17) is 5.73 Å². The summed E-state index contributed by atoms with van der Waals surface area (Å²) in [5, 5.41) is 5.70. The third-order valence-electron chi connectivity index (χ3n) is 5.27. The number of rotatable bonds is 9. The Morgan fingerprint density at radius 3 is 2.48 bits per heavy atom. The molecule has 0 aromatic heterocycles. The molecule has 1 aromatic rings. The van der Waals surface area contributed by atoms with Gasteiger partial charge in [-0.1, -0.05) is 44.2 Å². The average molecular weight is 403 g/mol. The average Bonchev–Trinajstić information content (AvgIpc) is 3.19. The third kappa shape index (κ3) is 6.56. The molecule has 2 rings (SSSR count). The Balaban J connectivity index is 1.90. The second kappa shape index (κ2) is 11.0. The third-order valence-corrected chi connectivity index (χ3v) is 5.27. The van der Waals surface area contributed by atoms with Gasteiger partial charge in [-0.25, -0.2) is 0 Å². The molecule has 0 spiro atoms. The van der Waals surface area contributed by atoms with Crippen molar-refractivity contribution in [1.29, 1.82) is 0 Å². The van der Waals surface area contributed by atoms with Gasteiger partial charge in [0.05, 0.1) is 6.04 Å². The number of nitrogens with two attached hydrogens (primary N) is 1. The normalized spacial score (nSPS) is 18.4. The summed E-state index contributed by atoms with van der Waals surface area (Å²) in [6.45, 7) is 6.43. The van der Waals surface area contributed by atoms with Crippen LogP contribution in [0.1, 0.15) is 45.6 Å². The van der Waals surface area contributed by atoms with E-state index in [9.17, 15) is 14.4 Å². The first-order valence-electron chi connectivity index (χ1n) is 10.5. The molecule has 1 aliphatic heterocycles. The van der Waals surface area contributed by atoms with E-state index >= 15 is 0 Å². The maximum absolute atomic E-state index is 13.1. The molecule has 160 valence electrons. The fourth-order valence-corrected chi connectivity index (χ4v) is 3.55. The Morgan fingerprint density at radius 2 is 1.86 bits per heavy atom. The van der Waals surface area contributed by atoms with Gasteiger partial charge in [-0.2, -0.15) is 0 Å². The number of hydrogen-bond acceptors (Lipinski definition) is 4. The van der Waals surface area contributed by atoms with Gasteiger partial charge in [0.1, 0.15) is 12.1 Å². The van der Waals surface area contributed by atoms with Gasteiger partial charge < -0.3 is 21.3 Å². The van der Waals surface area contributed by atoms with Crippen LogP contribution < -0.4 is 16.4 Å². The summed E-state index contributed by atoms with van der Waals surface area (Å²) in [6.07, 6.45) is 3.16. The molecule has 1 aromatic carbocycles. The molecule has 3 atom stereocenters. The molecule has 1 heterocycles. The van der Waals surface area contributed by atoms with Crippen molar-refractivity contribution < 1.29 is 14.4 Å². The number of nitrogens with one attached hydrogen (secondary N) is 2. The van der Waals surface area contributed by atoms with Crippen molar-refractivity contribution in [2.75, 3.05) is 13.1 Å². The fraction of sp³-hybridized carbons (Fsp3) is 0.591. The molecule has 0 bridgehead atoms. The Hall–Kier alpha value is -2.41. The van der Waals surface area contributed by atoms with Gasteiger partial charge in [-0.05, 0) is 44.1 Å². The van der Waals surface area contributed by atoms with Crippen LogP contribution in [0.15, 0.2) is 30.3 Å². The zero-order valence-corrected chi connectivity index (χ0v) is 17.7. The lowest BCUT2D eigenvalue weighted by Gasteiger charge is -2.30. The van der Waals surface area contributed by atoms with Crippen LogP contribution in [0.5, 0.6) is 0 Å². The Morgan fingerprint density at radius 1 is 1.17 bits per heavy atom. The molecular weight excluding hydrogens is 368 g/mol. The number of carbonyl (C=O) groups excluding carboxylic acids is 3. The SMILES string of the molecule is CC(C)[C@H](NC(=O)[C@H](C)N)C(=O)N1CCC[C@H]1C(=O)NCCCc1ccccc1. The minimum Gasteiger partial charge on any atom is -0.354 e. The van der Waals surface area contributed by atoms with E-state index in [1.165, 1.54) is 5.56 Å². The van der Waals surface area contributed by atoms with E-state index in [1.54, 1.807) is 11.8 Å². The van der Waals surface area contributed by atoms with Crippen molar-refractivity contribution in [3.05, 3.63) is 35.9 Å². The minimum atomic E-state index is -0.689. The number of amides is 3. The number of nitrogens with zero attached hydrogens (tertiary/aromatic N) is 1. The van der Waals surface area contributed by atoms with Crippen molar-refractivity contribution in [3.63, 3.8) is 0 Å². The summed E-state index contributed by atoms with van der Waals surface area (Å²) in [6, 6.07) is 8.29. The number of likely N-dealkylation sites (tertiary alicyclic amines) is 1. The van der Waals surface area contributed by atoms with Crippen LogP contribution in [0.25, 0.3) is 0 Å². The Bertz CT molecular complexity index is 691. The first-order valence-corrected chi connectivity index (χ1v) is 10.5. The van der Waals surface area contributed by atoms with E-state index in [-0.39, 0.29) is 23.6 Å². The van der Waals surface area contributed by atoms with Gasteiger partial charge in [-0.3, -0.25) is 14.4 Å². The zero-order chi connectivity index (χ0) is 21.4. The van der Waals surface area contributed by atoms with Crippen molar-refractivity contribution in [1.82, 2.24) is 15.5 Å². The molecule has 0 unspecified atom stereocenters. The topological polar surface area (TPSA) is 105 Å². The predicted molar refractivity (Wildman–Crippen MR) is 113 cm³/mol. The van der Waals surface area contributed by atoms with E-state index < -0.39 is 18.1 Å². The highest BCUT2D eigenvalue weighted by Crippen LogP contribution is 2.20. The lowest BCUT2D eigenvalue weighted by Crippen LogP contribution is -2.57. The molecule has 3 amide bonds. The second-order valence-corrected chi connectivity index (χ2v) is 8.09. The monoisotopic (exact) mass is 402 g/mol. The van der Waals surface area contributed by atoms with E-state index in [0.29, 0.717) is 19.5 Å². The van der Waals surface area contributed by atoms with Crippen molar-refractivity contribution in [3.8, 4) is 0 Å². The molecule has 0 aliphatic carbocycles. The van der Waals surface area contributed by atoms with Gasteiger partial charge in [0.25, 0.3) is 0 Å². The molecule has 0 radical (unpaired) electrons. The van der Waals surface area contributed by atoms with Crippen LogP contribution in [-0.2, 0) is 20.8 Å². The zero-order valence-electron chi connectivity index (χ0n) is 17.7. The molecule has 4 N–H and O–H groups in total. The van der Waals surface area contributed by atoms with E-state index in [2.05, 4.69) is 22.8 Å². The molecule has 7 nitrogen and oxygen atoms in total.